The van der Waals surface area contributed by atoms with Gasteiger partial charge in [0.15, 0.2) is 9.84 Å². The fourth-order valence-electron chi connectivity index (χ4n) is 2.29. The molecule has 2 N–H and O–H groups in total. The fraction of sp³-hybridized carbons (Fsp3) is 0.583. The largest absolute Gasteiger partial charge is 0.352 e. The van der Waals surface area contributed by atoms with Gasteiger partial charge in [-0.3, -0.25) is 0 Å². The number of hydrogen-bond donors (Lipinski definition) is 1. The van der Waals surface area contributed by atoms with Crippen LogP contribution in [-0.2, 0) is 16.4 Å². The minimum Gasteiger partial charge on any atom is -0.352 e. The molecule has 100 valence electrons. The number of rotatable bonds is 2. The molecule has 0 radical (unpaired) electrons. The van der Waals surface area contributed by atoms with Crippen LogP contribution in [0.3, 0.4) is 0 Å². The highest BCUT2D eigenvalue weighted by Gasteiger charge is 2.28. The minimum absolute atomic E-state index is 0.0284. The third kappa shape index (κ3) is 2.64. The highest BCUT2D eigenvalue weighted by Crippen LogP contribution is 2.21. The van der Waals surface area contributed by atoms with E-state index in [0.717, 1.165) is 17.1 Å². The van der Waals surface area contributed by atoms with Crippen LogP contribution in [0.2, 0.25) is 0 Å². The van der Waals surface area contributed by atoms with Crippen molar-refractivity contribution in [3.63, 3.8) is 0 Å². The molecule has 1 saturated heterocycles. The lowest BCUT2D eigenvalue weighted by molar-refractivity contribution is 0.566. The van der Waals surface area contributed by atoms with E-state index in [1.165, 1.54) is 0 Å². The van der Waals surface area contributed by atoms with Gasteiger partial charge in [0, 0.05) is 24.8 Å². The normalized spacial score (nSPS) is 23.1. The maximum atomic E-state index is 11.5. The van der Waals surface area contributed by atoms with Gasteiger partial charge in [0.2, 0.25) is 0 Å². The van der Waals surface area contributed by atoms with Crippen molar-refractivity contribution in [3.8, 4) is 0 Å². The lowest BCUT2D eigenvalue weighted by Crippen LogP contribution is -2.47. The quantitative estimate of drug-likeness (QED) is 0.844. The first kappa shape index (κ1) is 13.3. The van der Waals surface area contributed by atoms with Crippen LogP contribution in [0.5, 0.6) is 0 Å². The second-order valence-corrected chi connectivity index (χ2v) is 7.00. The summed E-state index contributed by atoms with van der Waals surface area (Å²) in [6.07, 6.45) is 0. The Hall–Kier alpha value is -1.14. The number of pyridine rings is 1. The van der Waals surface area contributed by atoms with Crippen molar-refractivity contribution in [2.75, 3.05) is 23.0 Å². The molecule has 1 aliphatic heterocycles. The zero-order valence-corrected chi connectivity index (χ0v) is 11.6. The van der Waals surface area contributed by atoms with Crippen LogP contribution in [-0.4, -0.2) is 37.5 Å². The van der Waals surface area contributed by atoms with E-state index >= 15 is 0 Å². The molecule has 1 aromatic heterocycles. The van der Waals surface area contributed by atoms with Crippen LogP contribution in [0.15, 0.2) is 12.1 Å². The Kier molecular flexibility index (Phi) is 3.59. The number of aromatic nitrogens is 1. The van der Waals surface area contributed by atoms with Gasteiger partial charge in [-0.15, -0.1) is 0 Å². The average molecular weight is 269 g/mol. The van der Waals surface area contributed by atoms with Crippen LogP contribution in [0, 0.1) is 6.92 Å². The zero-order chi connectivity index (χ0) is 13.3. The van der Waals surface area contributed by atoms with Crippen molar-refractivity contribution in [1.29, 1.82) is 0 Å². The molecule has 1 fully saturated rings. The molecule has 6 heteroatoms. The van der Waals surface area contributed by atoms with Crippen LogP contribution in [0.25, 0.3) is 0 Å². The van der Waals surface area contributed by atoms with Gasteiger partial charge in [0.1, 0.15) is 5.82 Å². The van der Waals surface area contributed by atoms with E-state index in [0.29, 0.717) is 13.1 Å². The van der Waals surface area contributed by atoms with E-state index in [9.17, 15) is 8.42 Å². The van der Waals surface area contributed by atoms with E-state index in [1.807, 2.05) is 30.9 Å². The summed E-state index contributed by atoms with van der Waals surface area (Å²) in [5.74, 6) is 1.25. The maximum Gasteiger partial charge on any atom is 0.154 e. The molecular formula is C12H19N3O2S. The second-order valence-electron chi connectivity index (χ2n) is 4.77. The van der Waals surface area contributed by atoms with E-state index in [1.54, 1.807) is 0 Å². The van der Waals surface area contributed by atoms with Crippen molar-refractivity contribution in [2.24, 2.45) is 5.73 Å². The van der Waals surface area contributed by atoms with Gasteiger partial charge >= 0.3 is 0 Å². The van der Waals surface area contributed by atoms with Crippen molar-refractivity contribution < 1.29 is 8.42 Å². The van der Waals surface area contributed by atoms with Gasteiger partial charge in [-0.25, -0.2) is 13.4 Å². The van der Waals surface area contributed by atoms with Crippen molar-refractivity contribution in [3.05, 3.63) is 23.4 Å². The highest BCUT2D eigenvalue weighted by atomic mass is 32.2. The summed E-state index contributed by atoms with van der Waals surface area (Å²) in [5, 5.41) is 0. The summed E-state index contributed by atoms with van der Waals surface area (Å²) in [4.78, 5) is 6.57. The standard InChI is InChI=1S/C12H19N3O2S/c1-9-8-18(16,17)6-5-15(9)12-4-3-11(7-13)10(2)14-12/h3-4,9H,5-8,13H2,1-2H3. The predicted octanol–water partition coefficient (Wildman–Crippen LogP) is 0.472. The van der Waals surface area contributed by atoms with Crippen LogP contribution >= 0.6 is 0 Å². The number of sulfone groups is 1. The van der Waals surface area contributed by atoms with Gasteiger partial charge in [0.25, 0.3) is 0 Å². The third-order valence-electron chi connectivity index (χ3n) is 3.37. The summed E-state index contributed by atoms with van der Waals surface area (Å²) < 4.78 is 23.1. The first-order valence-corrected chi connectivity index (χ1v) is 7.89. The molecule has 0 aromatic carbocycles. The summed E-state index contributed by atoms with van der Waals surface area (Å²) in [6, 6.07) is 3.86. The average Bonchev–Trinajstić information content (AvgIpc) is 2.27. The molecule has 0 aliphatic carbocycles. The Balaban J connectivity index is 2.25. The first-order chi connectivity index (χ1) is 8.43. The molecule has 0 amide bonds. The van der Waals surface area contributed by atoms with Crippen LogP contribution < -0.4 is 10.6 Å². The molecular weight excluding hydrogens is 250 g/mol. The highest BCUT2D eigenvalue weighted by molar-refractivity contribution is 7.91. The molecule has 2 rings (SSSR count). The van der Waals surface area contributed by atoms with Crippen LogP contribution in [0.1, 0.15) is 18.2 Å². The summed E-state index contributed by atoms with van der Waals surface area (Å²) in [5.41, 5.74) is 7.55. The van der Waals surface area contributed by atoms with Gasteiger partial charge in [-0.1, -0.05) is 6.07 Å². The van der Waals surface area contributed by atoms with E-state index < -0.39 is 9.84 Å². The predicted molar refractivity (Wildman–Crippen MR) is 72.3 cm³/mol. The molecule has 1 atom stereocenters. The van der Waals surface area contributed by atoms with Crippen LogP contribution in [0.4, 0.5) is 5.82 Å². The van der Waals surface area contributed by atoms with E-state index in [2.05, 4.69) is 4.98 Å². The Morgan fingerprint density at radius 2 is 2.22 bits per heavy atom. The second kappa shape index (κ2) is 4.85. The molecule has 1 aliphatic rings. The SMILES string of the molecule is Cc1nc(N2CCS(=O)(=O)CC2C)ccc1CN. The molecule has 18 heavy (non-hydrogen) atoms. The number of nitrogens with zero attached hydrogens (tertiary/aromatic N) is 2. The van der Waals surface area contributed by atoms with Gasteiger partial charge < -0.3 is 10.6 Å². The Morgan fingerprint density at radius 1 is 1.50 bits per heavy atom. The minimum atomic E-state index is -2.89. The number of anilines is 1. The molecule has 1 unspecified atom stereocenters. The van der Waals surface area contributed by atoms with Gasteiger partial charge in [-0.05, 0) is 25.5 Å². The lowest BCUT2D eigenvalue weighted by atomic mass is 10.2. The first-order valence-electron chi connectivity index (χ1n) is 6.06. The summed E-state index contributed by atoms with van der Waals surface area (Å²) in [7, 11) is -2.89. The van der Waals surface area contributed by atoms with Crippen molar-refractivity contribution in [2.45, 2.75) is 26.4 Å². The smallest absolute Gasteiger partial charge is 0.154 e. The van der Waals surface area contributed by atoms with Gasteiger partial charge in [-0.2, -0.15) is 0 Å². The molecule has 0 bridgehead atoms. The Labute approximate surface area is 108 Å². The number of aryl methyl sites for hydroxylation is 1. The Morgan fingerprint density at radius 3 is 2.78 bits per heavy atom. The summed E-state index contributed by atoms with van der Waals surface area (Å²) >= 11 is 0. The monoisotopic (exact) mass is 269 g/mol. The van der Waals surface area contributed by atoms with Crippen molar-refractivity contribution >= 4 is 15.7 Å². The zero-order valence-electron chi connectivity index (χ0n) is 10.8. The van der Waals surface area contributed by atoms with Crippen molar-refractivity contribution in [1.82, 2.24) is 4.98 Å². The van der Waals surface area contributed by atoms with E-state index in [-0.39, 0.29) is 17.5 Å². The van der Waals surface area contributed by atoms with Gasteiger partial charge in [0.05, 0.1) is 11.5 Å². The summed E-state index contributed by atoms with van der Waals surface area (Å²) in [6.45, 7) is 4.84. The number of nitrogens with two attached hydrogens (primary N) is 1. The Bertz CT molecular complexity index is 542. The third-order valence-corrected chi connectivity index (χ3v) is 5.16. The lowest BCUT2D eigenvalue weighted by Gasteiger charge is -2.34. The number of hydrogen-bond acceptors (Lipinski definition) is 5. The molecule has 0 spiro atoms. The fourth-order valence-corrected chi connectivity index (χ4v) is 3.85. The van der Waals surface area contributed by atoms with E-state index in [4.69, 9.17) is 5.73 Å². The molecule has 2 heterocycles. The topological polar surface area (TPSA) is 76.3 Å². The maximum absolute atomic E-state index is 11.5. The molecule has 0 saturated carbocycles. The molecule has 5 nitrogen and oxygen atoms in total. The molecule has 1 aromatic rings.